The van der Waals surface area contributed by atoms with Crippen LogP contribution in [0.2, 0.25) is 0 Å². The van der Waals surface area contributed by atoms with Gasteiger partial charge in [-0.2, -0.15) is 0 Å². The van der Waals surface area contributed by atoms with Gasteiger partial charge in [0.1, 0.15) is 0 Å². The van der Waals surface area contributed by atoms with Crippen LogP contribution in [0, 0.1) is 11.3 Å². The van der Waals surface area contributed by atoms with Crippen molar-refractivity contribution in [3.8, 4) is 0 Å². The van der Waals surface area contributed by atoms with Crippen molar-refractivity contribution in [3.63, 3.8) is 0 Å². The van der Waals surface area contributed by atoms with Gasteiger partial charge in [-0.15, -0.1) is 0 Å². The number of hydrogen-bond acceptors (Lipinski definition) is 2. The van der Waals surface area contributed by atoms with Crippen LogP contribution in [0.3, 0.4) is 0 Å². The van der Waals surface area contributed by atoms with E-state index in [9.17, 15) is 4.79 Å². The molecule has 3 heteroatoms. The Morgan fingerprint density at radius 2 is 2.07 bits per heavy atom. The lowest BCUT2D eigenvalue weighted by molar-refractivity contribution is -0.120. The molecule has 1 unspecified atom stereocenters. The zero-order valence-electron chi connectivity index (χ0n) is 9.47. The van der Waals surface area contributed by atoms with Gasteiger partial charge in [0, 0.05) is 6.54 Å². The first-order valence-corrected chi connectivity index (χ1v) is 5.54. The Kier molecular flexibility index (Phi) is 3.53. The van der Waals surface area contributed by atoms with Crippen molar-refractivity contribution in [1.29, 1.82) is 0 Å². The van der Waals surface area contributed by atoms with E-state index in [2.05, 4.69) is 19.2 Å². The van der Waals surface area contributed by atoms with E-state index in [-0.39, 0.29) is 11.9 Å². The van der Waals surface area contributed by atoms with Gasteiger partial charge in [0.05, 0.1) is 6.04 Å². The highest BCUT2D eigenvalue weighted by atomic mass is 16.1. The minimum absolute atomic E-state index is 0.147. The summed E-state index contributed by atoms with van der Waals surface area (Å²) in [7, 11) is 0. The molecule has 0 saturated heterocycles. The summed E-state index contributed by atoms with van der Waals surface area (Å²) in [6.07, 6.45) is 3.35. The number of amides is 1. The standard InChI is InChI=1S/C11H22N2O/c1-4-9(10(12)14)13-7-11(5-6-11)8(2)3/h8-9,13H,4-7H2,1-3H3,(H2,12,14). The minimum atomic E-state index is -0.230. The molecule has 0 radical (unpaired) electrons. The second kappa shape index (κ2) is 4.30. The smallest absolute Gasteiger partial charge is 0.234 e. The van der Waals surface area contributed by atoms with Crippen molar-refractivity contribution >= 4 is 5.91 Å². The molecule has 0 heterocycles. The first-order valence-electron chi connectivity index (χ1n) is 5.54. The van der Waals surface area contributed by atoms with Gasteiger partial charge in [0.15, 0.2) is 0 Å². The number of nitrogens with one attached hydrogen (secondary N) is 1. The fourth-order valence-corrected chi connectivity index (χ4v) is 1.89. The van der Waals surface area contributed by atoms with E-state index >= 15 is 0 Å². The van der Waals surface area contributed by atoms with Crippen molar-refractivity contribution in [1.82, 2.24) is 5.32 Å². The second-order valence-electron chi connectivity index (χ2n) is 4.76. The van der Waals surface area contributed by atoms with Crippen molar-refractivity contribution in [2.75, 3.05) is 6.54 Å². The molecule has 3 N–H and O–H groups in total. The van der Waals surface area contributed by atoms with Gasteiger partial charge in [0.2, 0.25) is 5.91 Å². The van der Waals surface area contributed by atoms with E-state index in [0.29, 0.717) is 11.3 Å². The van der Waals surface area contributed by atoms with Crippen LogP contribution in [0.5, 0.6) is 0 Å². The first kappa shape index (κ1) is 11.5. The van der Waals surface area contributed by atoms with Crippen molar-refractivity contribution in [2.24, 2.45) is 17.1 Å². The average molecular weight is 198 g/mol. The maximum atomic E-state index is 11.0. The second-order valence-corrected chi connectivity index (χ2v) is 4.76. The lowest BCUT2D eigenvalue weighted by Gasteiger charge is -2.22. The summed E-state index contributed by atoms with van der Waals surface area (Å²) in [6.45, 7) is 7.42. The Hall–Kier alpha value is -0.570. The molecule has 82 valence electrons. The third-order valence-electron chi connectivity index (χ3n) is 3.57. The molecule has 0 aromatic heterocycles. The predicted molar refractivity (Wildman–Crippen MR) is 57.8 cm³/mol. The number of primary amides is 1. The van der Waals surface area contributed by atoms with Gasteiger partial charge in [-0.3, -0.25) is 4.79 Å². The van der Waals surface area contributed by atoms with Gasteiger partial charge in [0.25, 0.3) is 0 Å². The molecule has 1 aliphatic carbocycles. The summed E-state index contributed by atoms with van der Waals surface area (Å²) in [6, 6.07) is -0.147. The van der Waals surface area contributed by atoms with Crippen LogP contribution >= 0.6 is 0 Å². The highest BCUT2D eigenvalue weighted by molar-refractivity contribution is 5.79. The molecule has 0 aliphatic heterocycles. The summed E-state index contributed by atoms with van der Waals surface area (Å²) in [5.41, 5.74) is 5.72. The van der Waals surface area contributed by atoms with Gasteiger partial charge < -0.3 is 11.1 Å². The van der Waals surface area contributed by atoms with Crippen molar-refractivity contribution in [3.05, 3.63) is 0 Å². The molecule has 0 spiro atoms. The Bertz CT molecular complexity index is 209. The number of carbonyl (C=O) groups is 1. The van der Waals surface area contributed by atoms with Crippen LogP contribution in [-0.2, 0) is 4.79 Å². The number of hydrogen-bond donors (Lipinski definition) is 2. The van der Waals surface area contributed by atoms with E-state index in [1.165, 1.54) is 12.8 Å². The lowest BCUT2D eigenvalue weighted by atomic mass is 9.92. The van der Waals surface area contributed by atoms with E-state index in [1.54, 1.807) is 0 Å². The summed E-state index contributed by atoms with van der Waals surface area (Å²) in [4.78, 5) is 11.0. The zero-order valence-corrected chi connectivity index (χ0v) is 9.47. The highest BCUT2D eigenvalue weighted by Gasteiger charge is 2.45. The summed E-state index contributed by atoms with van der Waals surface area (Å²) in [5, 5.41) is 3.28. The Labute approximate surface area is 86.4 Å². The summed E-state index contributed by atoms with van der Waals surface area (Å²) in [5.74, 6) is 0.465. The molecule has 14 heavy (non-hydrogen) atoms. The number of rotatable bonds is 6. The largest absolute Gasteiger partial charge is 0.368 e. The van der Waals surface area contributed by atoms with Gasteiger partial charge in [-0.05, 0) is 30.6 Å². The minimum Gasteiger partial charge on any atom is -0.368 e. The van der Waals surface area contributed by atoms with Crippen LogP contribution < -0.4 is 11.1 Å². The lowest BCUT2D eigenvalue weighted by Crippen LogP contribution is -2.44. The van der Waals surface area contributed by atoms with Gasteiger partial charge in [-0.25, -0.2) is 0 Å². The predicted octanol–water partition coefficient (Wildman–Crippen LogP) is 1.28. The van der Waals surface area contributed by atoms with Crippen molar-refractivity contribution < 1.29 is 4.79 Å². The molecule has 1 aliphatic rings. The van der Waals surface area contributed by atoms with E-state index in [1.807, 2.05) is 6.92 Å². The highest BCUT2D eigenvalue weighted by Crippen LogP contribution is 2.51. The fourth-order valence-electron chi connectivity index (χ4n) is 1.89. The molecular formula is C11H22N2O. The third kappa shape index (κ3) is 2.47. The Morgan fingerprint density at radius 1 is 1.50 bits per heavy atom. The maximum absolute atomic E-state index is 11.0. The van der Waals surface area contributed by atoms with E-state index in [4.69, 9.17) is 5.73 Å². The summed E-state index contributed by atoms with van der Waals surface area (Å²) >= 11 is 0. The van der Waals surface area contributed by atoms with Crippen molar-refractivity contribution in [2.45, 2.75) is 46.1 Å². The van der Waals surface area contributed by atoms with Crippen LogP contribution in [0.15, 0.2) is 0 Å². The quantitative estimate of drug-likeness (QED) is 0.675. The molecule has 0 bridgehead atoms. The first-order chi connectivity index (χ1) is 6.52. The van der Waals surface area contributed by atoms with Gasteiger partial charge >= 0.3 is 0 Å². The average Bonchev–Trinajstić information content (AvgIpc) is 2.85. The van der Waals surface area contributed by atoms with Crippen LogP contribution in [0.1, 0.15) is 40.0 Å². The molecular weight excluding hydrogens is 176 g/mol. The maximum Gasteiger partial charge on any atom is 0.234 e. The third-order valence-corrected chi connectivity index (χ3v) is 3.57. The molecule has 1 fully saturated rings. The fraction of sp³-hybridized carbons (Fsp3) is 0.909. The molecule has 1 atom stereocenters. The summed E-state index contributed by atoms with van der Waals surface area (Å²) < 4.78 is 0. The molecule has 1 amide bonds. The van der Waals surface area contributed by atoms with Crippen LogP contribution in [0.4, 0.5) is 0 Å². The zero-order chi connectivity index (χ0) is 10.8. The molecule has 0 aromatic carbocycles. The monoisotopic (exact) mass is 198 g/mol. The van der Waals surface area contributed by atoms with E-state index in [0.717, 1.165) is 13.0 Å². The molecule has 0 aromatic rings. The van der Waals surface area contributed by atoms with Gasteiger partial charge in [-0.1, -0.05) is 20.8 Å². The number of nitrogens with two attached hydrogens (primary N) is 1. The Morgan fingerprint density at radius 3 is 2.36 bits per heavy atom. The molecule has 1 saturated carbocycles. The normalized spacial score (nSPS) is 20.9. The Balaban J connectivity index is 2.36. The molecule has 3 nitrogen and oxygen atoms in total. The number of carbonyl (C=O) groups excluding carboxylic acids is 1. The topological polar surface area (TPSA) is 55.1 Å². The van der Waals surface area contributed by atoms with Crippen LogP contribution in [-0.4, -0.2) is 18.5 Å². The van der Waals surface area contributed by atoms with E-state index < -0.39 is 0 Å². The molecule has 1 rings (SSSR count). The van der Waals surface area contributed by atoms with Crippen LogP contribution in [0.25, 0.3) is 0 Å². The SMILES string of the molecule is CCC(NCC1(C(C)C)CC1)C(N)=O.